The molecule has 102 valence electrons. The minimum absolute atomic E-state index is 0.154. The molecule has 1 N–H and O–H groups in total. The van der Waals surface area contributed by atoms with Crippen molar-refractivity contribution < 1.29 is 14.3 Å². The molecule has 20 heavy (non-hydrogen) atoms. The van der Waals surface area contributed by atoms with E-state index in [0.717, 1.165) is 23.2 Å². The van der Waals surface area contributed by atoms with Crippen molar-refractivity contribution in [2.24, 2.45) is 0 Å². The Morgan fingerprint density at radius 3 is 2.40 bits per heavy atom. The average Bonchev–Trinajstić information content (AvgIpc) is 2.47. The minimum atomic E-state index is -0.154. The number of ether oxygens (including phenoxy) is 1. The summed E-state index contributed by atoms with van der Waals surface area (Å²) in [5.74, 6) is 0.597. The van der Waals surface area contributed by atoms with E-state index in [4.69, 9.17) is 4.74 Å². The van der Waals surface area contributed by atoms with Gasteiger partial charge in [0.1, 0.15) is 12.0 Å². The number of nitrogens with one attached hydrogen (secondary N) is 1. The molecular weight excluding hydrogens is 254 g/mol. The van der Waals surface area contributed by atoms with Gasteiger partial charge in [-0.15, -0.1) is 0 Å². The third-order valence-electron chi connectivity index (χ3n) is 2.89. The minimum Gasteiger partial charge on any atom is -0.497 e. The fraction of sp³-hybridized carbons (Fsp3) is 0.125. The van der Waals surface area contributed by atoms with Gasteiger partial charge in [0.15, 0.2) is 0 Å². The number of benzene rings is 2. The highest BCUT2D eigenvalue weighted by atomic mass is 16.5. The number of methoxy groups -OCH3 is 1. The van der Waals surface area contributed by atoms with Gasteiger partial charge in [-0.2, -0.15) is 0 Å². The van der Waals surface area contributed by atoms with Crippen LogP contribution in [0.1, 0.15) is 17.3 Å². The average molecular weight is 269 g/mol. The molecule has 0 aliphatic heterocycles. The van der Waals surface area contributed by atoms with Gasteiger partial charge in [0.2, 0.25) is 5.91 Å². The number of hydrogen-bond donors (Lipinski definition) is 1. The van der Waals surface area contributed by atoms with Crippen LogP contribution in [-0.2, 0) is 4.79 Å². The topological polar surface area (TPSA) is 55.4 Å². The number of rotatable bonds is 4. The number of aldehydes is 1. The Morgan fingerprint density at radius 1 is 1.15 bits per heavy atom. The molecule has 0 bridgehead atoms. The highest BCUT2D eigenvalue weighted by Gasteiger charge is 2.08. The second-order valence-corrected chi connectivity index (χ2v) is 4.33. The molecular formula is C16H15NO3. The predicted molar refractivity (Wildman–Crippen MR) is 78.1 cm³/mol. The summed E-state index contributed by atoms with van der Waals surface area (Å²) in [6.45, 7) is 1.45. The lowest BCUT2D eigenvalue weighted by atomic mass is 10.0. The number of anilines is 1. The van der Waals surface area contributed by atoms with Crippen LogP contribution < -0.4 is 10.1 Å². The summed E-state index contributed by atoms with van der Waals surface area (Å²) in [6.07, 6.45) is 0.782. The lowest BCUT2D eigenvalue weighted by molar-refractivity contribution is -0.114. The van der Waals surface area contributed by atoms with Gasteiger partial charge >= 0.3 is 0 Å². The standard InChI is InChI=1S/C16H15NO3/c1-11(19)17-16-8-3-12(10-18)9-15(16)13-4-6-14(20-2)7-5-13/h3-10H,1-2H3,(H,17,19). The van der Waals surface area contributed by atoms with Gasteiger partial charge in [0.05, 0.1) is 7.11 Å². The van der Waals surface area contributed by atoms with Crippen molar-refractivity contribution in [2.75, 3.05) is 12.4 Å². The summed E-state index contributed by atoms with van der Waals surface area (Å²) in [5, 5.41) is 2.77. The van der Waals surface area contributed by atoms with Crippen molar-refractivity contribution in [1.29, 1.82) is 0 Å². The fourth-order valence-electron chi connectivity index (χ4n) is 1.94. The first kappa shape index (κ1) is 13.8. The SMILES string of the molecule is COc1ccc(-c2cc(C=O)ccc2NC(C)=O)cc1. The normalized spacial score (nSPS) is 9.90. The zero-order valence-corrected chi connectivity index (χ0v) is 11.3. The molecule has 4 nitrogen and oxygen atoms in total. The summed E-state index contributed by atoms with van der Waals surface area (Å²) in [6, 6.07) is 12.6. The number of hydrogen-bond acceptors (Lipinski definition) is 3. The largest absolute Gasteiger partial charge is 0.497 e. The Balaban J connectivity index is 2.50. The second kappa shape index (κ2) is 6.02. The van der Waals surface area contributed by atoms with Crippen LogP contribution in [0.15, 0.2) is 42.5 Å². The zero-order chi connectivity index (χ0) is 14.5. The van der Waals surface area contributed by atoms with Gasteiger partial charge in [-0.25, -0.2) is 0 Å². The Bertz CT molecular complexity index is 633. The first-order chi connectivity index (χ1) is 9.63. The second-order valence-electron chi connectivity index (χ2n) is 4.33. The number of carbonyl (C=O) groups is 2. The van der Waals surface area contributed by atoms with Gasteiger partial charge in [0, 0.05) is 23.7 Å². The van der Waals surface area contributed by atoms with Gasteiger partial charge in [-0.05, 0) is 35.9 Å². The van der Waals surface area contributed by atoms with Crippen molar-refractivity contribution >= 4 is 17.9 Å². The quantitative estimate of drug-likeness (QED) is 0.867. The predicted octanol–water partition coefficient (Wildman–Crippen LogP) is 3.13. The summed E-state index contributed by atoms with van der Waals surface area (Å²) in [7, 11) is 1.60. The summed E-state index contributed by atoms with van der Waals surface area (Å²) >= 11 is 0. The van der Waals surface area contributed by atoms with Crippen LogP contribution in [0.3, 0.4) is 0 Å². The van der Waals surface area contributed by atoms with Crippen LogP contribution in [0.4, 0.5) is 5.69 Å². The molecule has 2 aromatic carbocycles. The van der Waals surface area contributed by atoms with Gasteiger partial charge in [0.25, 0.3) is 0 Å². The van der Waals surface area contributed by atoms with Crippen molar-refractivity contribution in [3.8, 4) is 16.9 Å². The first-order valence-electron chi connectivity index (χ1n) is 6.15. The van der Waals surface area contributed by atoms with E-state index in [2.05, 4.69) is 5.32 Å². The molecule has 0 aromatic heterocycles. The number of amides is 1. The lowest BCUT2D eigenvalue weighted by Crippen LogP contribution is -2.07. The van der Waals surface area contributed by atoms with Crippen LogP contribution in [-0.4, -0.2) is 19.3 Å². The zero-order valence-electron chi connectivity index (χ0n) is 11.3. The molecule has 2 aromatic rings. The molecule has 4 heteroatoms. The third-order valence-corrected chi connectivity index (χ3v) is 2.89. The first-order valence-corrected chi connectivity index (χ1v) is 6.15. The van der Waals surface area contributed by atoms with E-state index in [0.29, 0.717) is 11.3 Å². The summed E-state index contributed by atoms with van der Waals surface area (Å²) in [5.41, 5.74) is 2.93. The van der Waals surface area contributed by atoms with Crippen LogP contribution in [0.25, 0.3) is 11.1 Å². The molecule has 0 heterocycles. The van der Waals surface area contributed by atoms with Crippen molar-refractivity contribution in [1.82, 2.24) is 0 Å². The molecule has 2 rings (SSSR count). The molecule has 0 aliphatic rings. The maximum atomic E-state index is 11.3. The molecule has 0 unspecified atom stereocenters. The lowest BCUT2D eigenvalue weighted by Gasteiger charge is -2.11. The number of carbonyl (C=O) groups excluding carboxylic acids is 2. The van der Waals surface area contributed by atoms with Crippen LogP contribution >= 0.6 is 0 Å². The molecule has 0 radical (unpaired) electrons. The molecule has 0 saturated heterocycles. The van der Waals surface area contributed by atoms with E-state index in [1.807, 2.05) is 24.3 Å². The Labute approximate surface area is 117 Å². The van der Waals surface area contributed by atoms with E-state index < -0.39 is 0 Å². The van der Waals surface area contributed by atoms with Crippen molar-refractivity contribution in [3.63, 3.8) is 0 Å². The Hall–Kier alpha value is -2.62. The maximum Gasteiger partial charge on any atom is 0.221 e. The summed E-state index contributed by atoms with van der Waals surface area (Å²) in [4.78, 5) is 22.2. The molecule has 0 spiro atoms. The van der Waals surface area contributed by atoms with E-state index >= 15 is 0 Å². The van der Waals surface area contributed by atoms with Crippen LogP contribution in [0.5, 0.6) is 5.75 Å². The van der Waals surface area contributed by atoms with Crippen LogP contribution in [0, 0.1) is 0 Å². The van der Waals surface area contributed by atoms with Gasteiger partial charge in [-0.3, -0.25) is 9.59 Å². The van der Waals surface area contributed by atoms with E-state index in [9.17, 15) is 9.59 Å². The van der Waals surface area contributed by atoms with E-state index in [1.165, 1.54) is 6.92 Å². The monoisotopic (exact) mass is 269 g/mol. The Morgan fingerprint density at radius 2 is 1.85 bits per heavy atom. The highest BCUT2D eigenvalue weighted by Crippen LogP contribution is 2.30. The molecule has 0 aliphatic carbocycles. The van der Waals surface area contributed by atoms with E-state index in [1.54, 1.807) is 25.3 Å². The van der Waals surface area contributed by atoms with Crippen molar-refractivity contribution in [3.05, 3.63) is 48.0 Å². The Kier molecular flexibility index (Phi) is 4.15. The molecule has 1 amide bonds. The van der Waals surface area contributed by atoms with Gasteiger partial charge < -0.3 is 10.1 Å². The smallest absolute Gasteiger partial charge is 0.221 e. The molecule has 0 saturated carbocycles. The fourth-order valence-corrected chi connectivity index (χ4v) is 1.94. The summed E-state index contributed by atoms with van der Waals surface area (Å²) < 4.78 is 5.12. The third kappa shape index (κ3) is 3.03. The highest BCUT2D eigenvalue weighted by molar-refractivity contribution is 5.95. The van der Waals surface area contributed by atoms with Crippen LogP contribution in [0.2, 0.25) is 0 Å². The molecule has 0 atom stereocenters. The van der Waals surface area contributed by atoms with E-state index in [-0.39, 0.29) is 5.91 Å². The molecule has 0 fully saturated rings. The maximum absolute atomic E-state index is 11.3. The van der Waals surface area contributed by atoms with Crippen molar-refractivity contribution in [2.45, 2.75) is 6.92 Å². The van der Waals surface area contributed by atoms with Gasteiger partial charge in [-0.1, -0.05) is 12.1 Å².